The number of aromatic nitrogens is 2. The highest BCUT2D eigenvalue weighted by molar-refractivity contribution is 6.30. The molecule has 0 amide bonds. The molecule has 1 N–H and O–H groups in total. The molecule has 0 bridgehead atoms. The lowest BCUT2D eigenvalue weighted by Crippen LogP contribution is -2.04. The Bertz CT molecular complexity index is 943. The molecule has 3 rings (SSSR count). The first-order chi connectivity index (χ1) is 12.4. The predicted molar refractivity (Wildman–Crippen MR) is 94.7 cm³/mol. The quantitative estimate of drug-likeness (QED) is 0.668. The Balaban J connectivity index is 0.00000117. The van der Waals surface area contributed by atoms with Crippen LogP contribution >= 0.6 is 11.6 Å². The van der Waals surface area contributed by atoms with Gasteiger partial charge in [0.1, 0.15) is 17.3 Å². The second-order valence-electron chi connectivity index (χ2n) is 5.28. The lowest BCUT2D eigenvalue weighted by Gasteiger charge is -2.12. The van der Waals surface area contributed by atoms with E-state index >= 15 is 0 Å². The fourth-order valence-electron chi connectivity index (χ4n) is 2.57. The second-order valence-corrected chi connectivity index (χ2v) is 5.72. The molecule has 0 unspecified atom stereocenters. The van der Waals surface area contributed by atoms with Crippen LogP contribution in [0.5, 0.6) is 0 Å². The third kappa shape index (κ3) is 3.65. The molecule has 0 fully saturated rings. The van der Waals surface area contributed by atoms with Gasteiger partial charge in [0.15, 0.2) is 11.6 Å². The lowest BCUT2D eigenvalue weighted by atomic mass is 10.0. The third-order valence-corrected chi connectivity index (χ3v) is 3.83. The zero-order valence-electron chi connectivity index (χ0n) is 13.9. The zero-order chi connectivity index (χ0) is 19.4. The van der Waals surface area contributed by atoms with Crippen molar-refractivity contribution in [3.63, 3.8) is 0 Å². The summed E-state index contributed by atoms with van der Waals surface area (Å²) in [5.41, 5.74) is 0.879. The number of nitrogens with one attached hydrogen (secondary N) is 1. The summed E-state index contributed by atoms with van der Waals surface area (Å²) >= 11 is 5.63. The van der Waals surface area contributed by atoms with Gasteiger partial charge in [-0.3, -0.25) is 4.68 Å². The highest BCUT2D eigenvalue weighted by atomic mass is 35.5. The molecule has 0 saturated heterocycles. The molecule has 3 aromatic rings. The first kappa shape index (κ1) is 19.3. The molecule has 134 valence electrons. The van der Waals surface area contributed by atoms with Gasteiger partial charge in [-0.05, 0) is 25.1 Å². The molecule has 1 aromatic heterocycles. The van der Waals surface area contributed by atoms with Crippen LogP contribution in [0, 0.1) is 36.2 Å². The molecule has 2 aromatic carbocycles. The molecular formula is C18H14ClF3N4. The number of benzene rings is 2. The maximum atomic E-state index is 14.2. The van der Waals surface area contributed by atoms with Crippen LogP contribution in [0.3, 0.4) is 0 Å². The van der Waals surface area contributed by atoms with Crippen LogP contribution in [-0.2, 0) is 7.05 Å². The molecule has 0 spiro atoms. The molecule has 0 aliphatic rings. The van der Waals surface area contributed by atoms with Crippen molar-refractivity contribution in [3.05, 3.63) is 64.6 Å². The number of hydrogen-bond donors (Lipinski definition) is 1. The number of rotatable bonds is 3. The topological polar surface area (TPSA) is 53.6 Å². The Labute approximate surface area is 153 Å². The summed E-state index contributed by atoms with van der Waals surface area (Å²) in [6.07, 6.45) is 0. The number of anilines is 2. The Kier molecular flexibility index (Phi) is 5.90. The van der Waals surface area contributed by atoms with E-state index in [1.54, 1.807) is 32.2 Å². The van der Waals surface area contributed by atoms with E-state index in [1.807, 2.05) is 0 Å². The molecule has 4 nitrogen and oxygen atoms in total. The Morgan fingerprint density at radius 3 is 2.23 bits per heavy atom. The minimum absolute atomic E-state index is 0.0499. The minimum atomic E-state index is -0.849. The Hall–Kier alpha value is -2.98. The first-order valence-electron chi connectivity index (χ1n) is 7.34. The summed E-state index contributed by atoms with van der Waals surface area (Å²) in [6, 6.07) is 8.14. The van der Waals surface area contributed by atoms with E-state index in [-0.39, 0.29) is 16.5 Å². The number of aryl methyl sites for hydroxylation is 2. The number of halogens is 4. The highest BCUT2D eigenvalue weighted by Crippen LogP contribution is 2.36. The first-order valence-corrected chi connectivity index (χ1v) is 7.72. The standard InChI is InChI=1S/C17H13ClF3N3.CHN/c1-9-15(11-5-3-4-6-12(11)19)17(24(2)23-9)22-16-13(20)7-10(18)8-14(16)21;1-2/h3-8,22H,1-2H3;1H. The van der Waals surface area contributed by atoms with Crippen molar-refractivity contribution in [1.82, 2.24) is 9.78 Å². The number of nitrogens with zero attached hydrogens (tertiary/aromatic N) is 3. The second kappa shape index (κ2) is 7.93. The van der Waals surface area contributed by atoms with Gasteiger partial charge < -0.3 is 5.32 Å². The van der Waals surface area contributed by atoms with E-state index in [4.69, 9.17) is 16.9 Å². The smallest absolute Gasteiger partial charge is 0.151 e. The molecule has 1 heterocycles. The van der Waals surface area contributed by atoms with Crippen molar-refractivity contribution in [2.75, 3.05) is 5.32 Å². The van der Waals surface area contributed by atoms with Gasteiger partial charge in [0.05, 0.1) is 11.3 Å². The third-order valence-electron chi connectivity index (χ3n) is 3.62. The molecule has 0 aliphatic heterocycles. The van der Waals surface area contributed by atoms with E-state index in [1.165, 1.54) is 10.7 Å². The van der Waals surface area contributed by atoms with Crippen LogP contribution < -0.4 is 5.32 Å². The van der Waals surface area contributed by atoms with Gasteiger partial charge in [0.2, 0.25) is 0 Å². The van der Waals surface area contributed by atoms with E-state index in [0.29, 0.717) is 16.8 Å². The normalized spacial score (nSPS) is 10.2. The van der Waals surface area contributed by atoms with Crippen LogP contribution in [0.4, 0.5) is 24.7 Å². The summed E-state index contributed by atoms with van der Waals surface area (Å²) in [7, 11) is 1.60. The van der Waals surface area contributed by atoms with Gasteiger partial charge in [-0.25, -0.2) is 18.4 Å². The molecule has 26 heavy (non-hydrogen) atoms. The average Bonchev–Trinajstić information content (AvgIpc) is 2.86. The van der Waals surface area contributed by atoms with E-state index in [2.05, 4.69) is 17.0 Å². The SMILES string of the molecule is C#N.Cc1nn(C)c(Nc2c(F)cc(Cl)cc2F)c1-c1ccccc1F. The largest absolute Gasteiger partial charge is 0.335 e. The van der Waals surface area contributed by atoms with E-state index in [9.17, 15) is 13.2 Å². The van der Waals surface area contributed by atoms with Gasteiger partial charge in [0, 0.05) is 24.2 Å². The van der Waals surface area contributed by atoms with Gasteiger partial charge >= 0.3 is 0 Å². The number of hydrogen-bond acceptors (Lipinski definition) is 3. The zero-order valence-corrected chi connectivity index (χ0v) is 14.7. The van der Waals surface area contributed by atoms with Gasteiger partial charge in [0.25, 0.3) is 0 Å². The summed E-state index contributed by atoms with van der Waals surface area (Å²) < 4.78 is 43.7. The van der Waals surface area contributed by atoms with Crippen molar-refractivity contribution in [3.8, 4) is 17.7 Å². The van der Waals surface area contributed by atoms with Crippen LogP contribution in [-0.4, -0.2) is 9.78 Å². The van der Waals surface area contributed by atoms with Crippen molar-refractivity contribution in [2.45, 2.75) is 6.92 Å². The number of nitriles is 1. The van der Waals surface area contributed by atoms with E-state index < -0.39 is 17.5 Å². The molecule has 0 atom stereocenters. The van der Waals surface area contributed by atoms with Crippen molar-refractivity contribution in [2.24, 2.45) is 7.05 Å². The highest BCUT2D eigenvalue weighted by Gasteiger charge is 2.20. The molecule has 0 saturated carbocycles. The fraction of sp³-hybridized carbons (Fsp3) is 0.111. The van der Waals surface area contributed by atoms with E-state index in [0.717, 1.165) is 12.1 Å². The van der Waals surface area contributed by atoms with Gasteiger partial charge in [-0.2, -0.15) is 5.10 Å². The Morgan fingerprint density at radius 1 is 1.08 bits per heavy atom. The van der Waals surface area contributed by atoms with Crippen molar-refractivity contribution < 1.29 is 13.2 Å². The van der Waals surface area contributed by atoms with Gasteiger partial charge in [-0.15, -0.1) is 0 Å². The predicted octanol–water partition coefficient (Wildman–Crippen LogP) is 5.35. The Morgan fingerprint density at radius 2 is 1.65 bits per heavy atom. The van der Waals surface area contributed by atoms with Crippen LogP contribution in [0.2, 0.25) is 5.02 Å². The van der Waals surface area contributed by atoms with Crippen LogP contribution in [0.15, 0.2) is 36.4 Å². The van der Waals surface area contributed by atoms with Crippen LogP contribution in [0.25, 0.3) is 11.1 Å². The van der Waals surface area contributed by atoms with Crippen molar-refractivity contribution in [1.29, 1.82) is 5.26 Å². The fourth-order valence-corrected chi connectivity index (χ4v) is 2.76. The summed E-state index contributed by atoms with van der Waals surface area (Å²) in [4.78, 5) is 0. The summed E-state index contributed by atoms with van der Waals surface area (Å²) in [5.74, 6) is -1.87. The molecular weight excluding hydrogens is 365 g/mol. The van der Waals surface area contributed by atoms with Crippen molar-refractivity contribution >= 4 is 23.1 Å². The average molecular weight is 379 g/mol. The molecule has 0 radical (unpaired) electrons. The summed E-state index contributed by atoms with van der Waals surface area (Å²) in [5, 5.41) is 13.3. The molecule has 0 aliphatic carbocycles. The molecule has 8 heteroatoms. The lowest BCUT2D eigenvalue weighted by molar-refractivity contribution is 0.590. The van der Waals surface area contributed by atoms with Gasteiger partial charge in [-0.1, -0.05) is 29.8 Å². The minimum Gasteiger partial charge on any atom is -0.335 e. The van der Waals surface area contributed by atoms with Crippen LogP contribution in [0.1, 0.15) is 5.69 Å². The maximum absolute atomic E-state index is 14.2. The maximum Gasteiger partial charge on any atom is 0.151 e. The monoisotopic (exact) mass is 378 g/mol. The summed E-state index contributed by atoms with van der Waals surface area (Å²) in [6.45, 7) is 5.20.